The molecule has 0 saturated heterocycles. The first-order valence-electron chi connectivity index (χ1n) is 5.13. The second-order valence-corrected chi connectivity index (χ2v) is 5.09. The molecule has 0 fully saturated rings. The average Bonchev–Trinajstić information content (AvgIpc) is 2.72. The maximum absolute atomic E-state index is 11.2. The third-order valence-corrected chi connectivity index (χ3v) is 4.15. The minimum atomic E-state index is -0.898. The van der Waals surface area contributed by atoms with Crippen LogP contribution >= 0.6 is 23.1 Å². The molecule has 0 radical (unpaired) electrons. The first kappa shape index (κ1) is 12.3. The lowest BCUT2D eigenvalue weighted by Gasteiger charge is -2.07. The molecule has 0 amide bonds. The van der Waals surface area contributed by atoms with Gasteiger partial charge in [-0.25, -0.2) is 4.79 Å². The Kier molecular flexibility index (Phi) is 3.59. The van der Waals surface area contributed by atoms with Gasteiger partial charge in [0.2, 0.25) is 0 Å². The van der Waals surface area contributed by atoms with Crippen LogP contribution in [0.4, 0.5) is 0 Å². The van der Waals surface area contributed by atoms with E-state index in [9.17, 15) is 4.79 Å². The molecule has 3 nitrogen and oxygen atoms in total. The molecule has 1 N–H and O–H groups in total. The number of carboxylic acids is 1. The molecule has 2 aromatic rings. The molecule has 1 aromatic carbocycles. The van der Waals surface area contributed by atoms with E-state index in [-0.39, 0.29) is 0 Å². The smallest absolute Gasteiger partial charge is 0.336 e. The van der Waals surface area contributed by atoms with E-state index in [0.717, 1.165) is 20.7 Å². The molecule has 0 bridgehead atoms. The molecule has 0 aliphatic carbocycles. The van der Waals surface area contributed by atoms with Crippen molar-refractivity contribution >= 4 is 39.2 Å². The Hall–Kier alpha value is -1.20. The monoisotopic (exact) mass is 268 g/mol. The highest BCUT2D eigenvalue weighted by Gasteiger charge is 2.17. The molecule has 0 aliphatic heterocycles. The van der Waals surface area contributed by atoms with Gasteiger partial charge in [0.1, 0.15) is 5.75 Å². The van der Waals surface area contributed by atoms with Crippen LogP contribution in [-0.4, -0.2) is 23.9 Å². The molecule has 0 saturated carbocycles. The molecule has 17 heavy (non-hydrogen) atoms. The van der Waals surface area contributed by atoms with Crippen LogP contribution in [-0.2, 0) is 0 Å². The van der Waals surface area contributed by atoms with Gasteiger partial charge in [-0.2, -0.15) is 0 Å². The molecule has 0 unspecified atom stereocenters. The van der Waals surface area contributed by atoms with E-state index >= 15 is 0 Å². The van der Waals surface area contributed by atoms with Gasteiger partial charge in [-0.3, -0.25) is 0 Å². The van der Waals surface area contributed by atoms with Crippen LogP contribution in [0.25, 0.3) is 10.1 Å². The van der Waals surface area contributed by atoms with Crippen LogP contribution in [0, 0.1) is 0 Å². The summed E-state index contributed by atoms with van der Waals surface area (Å²) in [6.45, 7) is 2.50. The summed E-state index contributed by atoms with van der Waals surface area (Å²) in [5, 5.41) is 12.0. The molecule has 5 heteroatoms. The van der Waals surface area contributed by atoms with Crippen LogP contribution in [0.3, 0.4) is 0 Å². The fourth-order valence-corrected chi connectivity index (χ4v) is 3.46. The molecule has 2 rings (SSSR count). The van der Waals surface area contributed by atoms with Crippen LogP contribution < -0.4 is 4.74 Å². The predicted molar refractivity (Wildman–Crippen MR) is 71.7 cm³/mol. The zero-order chi connectivity index (χ0) is 12.4. The number of thioether (sulfide) groups is 1. The van der Waals surface area contributed by atoms with Gasteiger partial charge in [0.15, 0.2) is 0 Å². The lowest BCUT2D eigenvalue weighted by Crippen LogP contribution is -1.99. The largest absolute Gasteiger partial charge is 0.492 e. The van der Waals surface area contributed by atoms with Crippen molar-refractivity contribution in [3.63, 3.8) is 0 Å². The van der Waals surface area contributed by atoms with Crippen molar-refractivity contribution in [3.05, 3.63) is 23.1 Å². The molecule has 0 spiro atoms. The lowest BCUT2D eigenvalue weighted by atomic mass is 10.1. The van der Waals surface area contributed by atoms with Crippen LogP contribution in [0.2, 0.25) is 0 Å². The van der Waals surface area contributed by atoms with Crippen LogP contribution in [0.5, 0.6) is 5.75 Å². The summed E-state index contributed by atoms with van der Waals surface area (Å²) < 4.78 is 6.60. The topological polar surface area (TPSA) is 46.5 Å². The SMILES string of the molecule is CCOc1csc2ccc(C(=O)O)c(SC)c12. The van der Waals surface area contributed by atoms with Crippen molar-refractivity contribution in [1.82, 2.24) is 0 Å². The van der Waals surface area contributed by atoms with Crippen molar-refractivity contribution in [2.24, 2.45) is 0 Å². The number of carbonyl (C=O) groups is 1. The molecule has 90 valence electrons. The highest BCUT2D eigenvalue weighted by molar-refractivity contribution is 7.99. The Labute approximate surface area is 107 Å². The lowest BCUT2D eigenvalue weighted by molar-refractivity contribution is 0.0693. The Morgan fingerprint density at radius 2 is 2.29 bits per heavy atom. The van der Waals surface area contributed by atoms with Crippen molar-refractivity contribution < 1.29 is 14.6 Å². The third-order valence-electron chi connectivity index (χ3n) is 2.39. The zero-order valence-corrected chi connectivity index (χ0v) is 11.2. The Morgan fingerprint density at radius 1 is 1.53 bits per heavy atom. The van der Waals surface area contributed by atoms with E-state index in [1.807, 2.05) is 24.6 Å². The fraction of sp³-hybridized carbons (Fsp3) is 0.250. The predicted octanol–water partition coefficient (Wildman–Crippen LogP) is 3.72. The van der Waals surface area contributed by atoms with Gasteiger partial charge < -0.3 is 9.84 Å². The van der Waals surface area contributed by atoms with E-state index in [0.29, 0.717) is 12.2 Å². The van der Waals surface area contributed by atoms with Crippen molar-refractivity contribution in [2.75, 3.05) is 12.9 Å². The first-order chi connectivity index (χ1) is 8.19. The zero-order valence-electron chi connectivity index (χ0n) is 9.52. The fourth-order valence-electron chi connectivity index (χ4n) is 1.71. The number of benzene rings is 1. The molecular formula is C12H12O3S2. The summed E-state index contributed by atoms with van der Waals surface area (Å²) in [7, 11) is 0. The minimum Gasteiger partial charge on any atom is -0.492 e. The standard InChI is InChI=1S/C12H12O3S2/c1-3-15-8-6-17-9-5-4-7(12(13)14)11(16-2)10(8)9/h4-6H,3H2,1-2H3,(H,13,14). The summed E-state index contributed by atoms with van der Waals surface area (Å²) in [5.74, 6) is -0.121. The molecule has 0 atom stereocenters. The number of ether oxygens (including phenoxy) is 1. The normalized spacial score (nSPS) is 10.7. The molecule has 1 heterocycles. The van der Waals surface area contributed by atoms with Gasteiger partial charge >= 0.3 is 5.97 Å². The first-order valence-corrected chi connectivity index (χ1v) is 7.23. The third kappa shape index (κ3) is 2.12. The second-order valence-electron chi connectivity index (χ2n) is 3.36. The second kappa shape index (κ2) is 4.98. The number of carboxylic acid groups (broad SMARTS) is 1. The number of hydrogen-bond donors (Lipinski definition) is 1. The van der Waals surface area contributed by atoms with Crippen molar-refractivity contribution in [1.29, 1.82) is 0 Å². The van der Waals surface area contributed by atoms with Gasteiger partial charge in [-0.05, 0) is 25.3 Å². The van der Waals surface area contributed by atoms with Crippen LogP contribution in [0.15, 0.2) is 22.4 Å². The Bertz CT molecular complexity index is 560. The number of hydrogen-bond acceptors (Lipinski definition) is 4. The van der Waals surface area contributed by atoms with E-state index in [1.54, 1.807) is 17.4 Å². The number of fused-ring (bicyclic) bond motifs is 1. The molecule has 0 aliphatic rings. The number of thiophene rings is 1. The van der Waals surface area contributed by atoms with Gasteiger partial charge in [-0.15, -0.1) is 23.1 Å². The summed E-state index contributed by atoms with van der Waals surface area (Å²) in [6, 6.07) is 3.49. The van der Waals surface area contributed by atoms with Gasteiger partial charge in [0.05, 0.1) is 12.2 Å². The van der Waals surface area contributed by atoms with E-state index < -0.39 is 5.97 Å². The maximum Gasteiger partial charge on any atom is 0.336 e. The summed E-state index contributed by atoms with van der Waals surface area (Å²) in [4.78, 5) is 11.9. The van der Waals surface area contributed by atoms with Gasteiger partial charge in [-0.1, -0.05) is 0 Å². The van der Waals surface area contributed by atoms with E-state index in [1.165, 1.54) is 11.8 Å². The molecule has 1 aromatic heterocycles. The highest BCUT2D eigenvalue weighted by Crippen LogP contribution is 2.40. The van der Waals surface area contributed by atoms with Crippen molar-refractivity contribution in [3.8, 4) is 5.75 Å². The van der Waals surface area contributed by atoms with E-state index in [4.69, 9.17) is 9.84 Å². The highest BCUT2D eigenvalue weighted by atomic mass is 32.2. The Balaban J connectivity index is 2.73. The summed E-state index contributed by atoms with van der Waals surface area (Å²) >= 11 is 3.02. The molecular weight excluding hydrogens is 256 g/mol. The minimum absolute atomic E-state index is 0.337. The summed E-state index contributed by atoms with van der Waals surface area (Å²) in [6.07, 6.45) is 1.88. The quantitative estimate of drug-likeness (QED) is 0.858. The average molecular weight is 268 g/mol. The van der Waals surface area contributed by atoms with Crippen LogP contribution in [0.1, 0.15) is 17.3 Å². The van der Waals surface area contributed by atoms with Gasteiger partial charge in [0.25, 0.3) is 0 Å². The van der Waals surface area contributed by atoms with Crippen molar-refractivity contribution in [2.45, 2.75) is 11.8 Å². The maximum atomic E-state index is 11.2. The summed E-state index contributed by atoms with van der Waals surface area (Å²) in [5.41, 5.74) is 0.337. The Morgan fingerprint density at radius 3 is 2.88 bits per heavy atom. The number of rotatable bonds is 4. The van der Waals surface area contributed by atoms with E-state index in [2.05, 4.69) is 0 Å². The van der Waals surface area contributed by atoms with Gasteiger partial charge in [0, 0.05) is 20.4 Å². The number of aromatic carboxylic acids is 1.